The van der Waals surface area contributed by atoms with E-state index in [1.165, 1.54) is 12.1 Å². The first-order chi connectivity index (χ1) is 29.4. The van der Waals surface area contributed by atoms with Gasteiger partial charge >= 0.3 is 0 Å². The summed E-state index contributed by atoms with van der Waals surface area (Å²) < 4.78 is 27.9. The molecule has 0 radical (unpaired) electrons. The molecule has 0 bridgehead atoms. The fourth-order valence-electron chi connectivity index (χ4n) is 8.11. The van der Waals surface area contributed by atoms with Crippen LogP contribution in [0, 0.1) is 12.7 Å². The van der Waals surface area contributed by atoms with E-state index in [0.29, 0.717) is 64.9 Å². The molecule has 2 aromatic heterocycles. The highest BCUT2D eigenvalue weighted by molar-refractivity contribution is 6.07. The number of likely N-dealkylation sites (tertiary alicyclic amines) is 2. The van der Waals surface area contributed by atoms with Gasteiger partial charge in [0.25, 0.3) is 22.9 Å². The Hall–Kier alpha value is -5.61. The van der Waals surface area contributed by atoms with Gasteiger partial charge in [-0.25, -0.2) is 4.39 Å². The minimum Gasteiger partial charge on any atom is -0.497 e. The highest BCUT2D eigenvalue weighted by atomic mass is 19.1. The quantitative estimate of drug-likeness (QED) is 0.137. The molecule has 3 aromatic carbocycles. The second kappa shape index (κ2) is 20.8. The van der Waals surface area contributed by atoms with E-state index in [2.05, 4.69) is 25.8 Å². The molecule has 2 aliphatic heterocycles. The average Bonchev–Trinajstić information content (AvgIpc) is 3.28. The van der Waals surface area contributed by atoms with E-state index in [-0.39, 0.29) is 34.8 Å². The second-order valence-electron chi connectivity index (χ2n) is 15.8. The number of carbonyl (C=O) groups is 2. The van der Waals surface area contributed by atoms with Crippen LogP contribution in [-0.2, 0) is 19.6 Å². The Bertz CT molecular complexity index is 2450. The van der Waals surface area contributed by atoms with Crippen molar-refractivity contribution < 1.29 is 23.5 Å². The van der Waals surface area contributed by atoms with Crippen LogP contribution in [0.15, 0.2) is 76.3 Å². The molecule has 5 aromatic rings. The van der Waals surface area contributed by atoms with Gasteiger partial charge in [-0.15, -0.1) is 0 Å². The molecule has 2 saturated heterocycles. The maximum absolute atomic E-state index is 13.8. The molecule has 15 heteroatoms. The monoisotopic (exact) mass is 838 g/mol. The predicted octanol–water partition coefficient (Wildman–Crippen LogP) is 3.86. The van der Waals surface area contributed by atoms with Crippen LogP contribution < -0.4 is 42.3 Å². The topological polar surface area (TPSA) is 165 Å². The van der Waals surface area contributed by atoms with Crippen LogP contribution in [0.2, 0.25) is 0 Å². The lowest BCUT2D eigenvalue weighted by molar-refractivity contribution is 0.0956. The van der Waals surface area contributed by atoms with Crippen molar-refractivity contribution in [3.05, 3.63) is 116 Å². The molecule has 61 heavy (non-hydrogen) atoms. The summed E-state index contributed by atoms with van der Waals surface area (Å²) in [5, 5.41) is 10.2. The molecule has 326 valence electrons. The van der Waals surface area contributed by atoms with E-state index in [1.54, 1.807) is 62.6 Å². The van der Waals surface area contributed by atoms with Crippen LogP contribution in [-0.4, -0.2) is 110 Å². The SMILES string of the molecule is CNC(=O)c1cc(=O)n(CCN2CCC(N)CC2)c2cc(OC)ccc12.CNC(=O)c1cc(=O)n(CCN2CCC(NCc3ccc(C)c(F)c3)CC2)c2cc(OC)ccc12. The molecule has 0 aliphatic carbocycles. The van der Waals surface area contributed by atoms with Gasteiger partial charge in [0.15, 0.2) is 0 Å². The van der Waals surface area contributed by atoms with Crippen molar-refractivity contribution >= 4 is 33.6 Å². The van der Waals surface area contributed by atoms with Crippen LogP contribution >= 0.6 is 0 Å². The van der Waals surface area contributed by atoms with Gasteiger partial charge in [-0.2, -0.15) is 0 Å². The molecule has 14 nitrogen and oxygen atoms in total. The third kappa shape index (κ3) is 11.0. The third-order valence-corrected chi connectivity index (χ3v) is 11.9. The van der Waals surface area contributed by atoms with Crippen molar-refractivity contribution in [1.29, 1.82) is 0 Å². The van der Waals surface area contributed by atoms with Gasteiger partial charge in [-0.3, -0.25) is 19.2 Å². The standard InChI is InChI=1S/C27H33FN4O3.C19H26N4O3/c1-18-4-5-19(14-24(18)28)17-30-20-8-10-31(11-9-20)12-13-32-25-15-21(35-3)6-7-22(25)23(16-26(32)33)27(34)29-2;1-21-19(25)16-12-18(24)23(10-9-22-7-5-13(20)6-8-22)17-11-14(26-2)3-4-15(16)17/h4-7,14-16,20,30H,8-13,17H2,1-3H3,(H,29,34);3-4,11-13H,5-10,20H2,1-2H3,(H,21,25). The van der Waals surface area contributed by atoms with Gasteiger partial charge in [0.05, 0.1) is 36.4 Å². The highest BCUT2D eigenvalue weighted by Crippen LogP contribution is 2.25. The molecule has 2 aliphatic rings. The molecule has 0 spiro atoms. The summed E-state index contributed by atoms with van der Waals surface area (Å²) in [5.74, 6) is 0.577. The molecule has 2 amide bonds. The maximum atomic E-state index is 13.8. The van der Waals surface area contributed by atoms with E-state index >= 15 is 0 Å². The summed E-state index contributed by atoms with van der Waals surface area (Å²) in [4.78, 5) is 54.8. The molecule has 0 atom stereocenters. The van der Waals surface area contributed by atoms with Crippen molar-refractivity contribution in [2.45, 2.75) is 64.3 Å². The van der Waals surface area contributed by atoms with Crippen molar-refractivity contribution in [2.24, 2.45) is 5.73 Å². The number of hydrogen-bond donors (Lipinski definition) is 4. The minimum absolute atomic E-state index is 0.164. The summed E-state index contributed by atoms with van der Waals surface area (Å²) in [6.07, 6.45) is 3.96. The second-order valence-corrected chi connectivity index (χ2v) is 15.8. The van der Waals surface area contributed by atoms with Crippen molar-refractivity contribution in [1.82, 2.24) is 34.9 Å². The number of ether oxygens (including phenoxy) is 2. The number of hydrogen-bond acceptors (Lipinski definition) is 10. The Morgan fingerprint density at radius 1 is 0.689 bits per heavy atom. The molecule has 5 N–H and O–H groups in total. The lowest BCUT2D eigenvalue weighted by Gasteiger charge is -2.32. The number of amides is 2. The zero-order valence-electron chi connectivity index (χ0n) is 35.9. The minimum atomic E-state index is -0.285. The Balaban J connectivity index is 0.000000213. The first-order valence-electron chi connectivity index (χ1n) is 21.0. The summed E-state index contributed by atoms with van der Waals surface area (Å²) in [7, 11) is 6.29. The van der Waals surface area contributed by atoms with Gasteiger partial charge in [0, 0.05) is 93.9 Å². The summed E-state index contributed by atoms with van der Waals surface area (Å²) in [6, 6.07) is 19.8. The van der Waals surface area contributed by atoms with Crippen molar-refractivity contribution in [3.63, 3.8) is 0 Å². The fraction of sp³-hybridized carbons (Fsp3) is 0.435. The Kier molecular flexibility index (Phi) is 15.3. The number of nitrogens with zero attached hydrogens (tertiary/aromatic N) is 4. The Morgan fingerprint density at radius 2 is 1.16 bits per heavy atom. The van der Waals surface area contributed by atoms with Gasteiger partial charge in [-0.1, -0.05) is 12.1 Å². The van der Waals surface area contributed by atoms with E-state index in [9.17, 15) is 23.6 Å². The lowest BCUT2D eigenvalue weighted by atomic mass is 10.0. The molecular formula is C46H59FN8O6. The molecule has 4 heterocycles. The average molecular weight is 839 g/mol. The van der Waals surface area contributed by atoms with E-state index < -0.39 is 0 Å². The predicted molar refractivity (Wildman–Crippen MR) is 237 cm³/mol. The van der Waals surface area contributed by atoms with Crippen molar-refractivity contribution in [3.8, 4) is 11.5 Å². The van der Waals surface area contributed by atoms with Gasteiger partial charge < -0.3 is 50.1 Å². The largest absolute Gasteiger partial charge is 0.497 e. The van der Waals surface area contributed by atoms with Gasteiger partial charge in [0.2, 0.25) is 0 Å². The molecule has 0 saturated carbocycles. The number of pyridine rings is 2. The molecule has 2 fully saturated rings. The number of nitrogens with two attached hydrogens (primary N) is 1. The third-order valence-electron chi connectivity index (χ3n) is 11.9. The van der Waals surface area contributed by atoms with E-state index in [4.69, 9.17) is 15.2 Å². The number of benzene rings is 3. The number of aryl methyl sites for hydroxylation is 1. The summed E-state index contributed by atoms with van der Waals surface area (Å²) in [6.45, 7) is 8.77. The summed E-state index contributed by atoms with van der Waals surface area (Å²) in [5.41, 5.74) is 9.35. The molecule has 0 unspecified atom stereocenters. The first-order valence-corrected chi connectivity index (χ1v) is 21.0. The van der Waals surface area contributed by atoms with Crippen molar-refractivity contribution in [2.75, 3.05) is 67.6 Å². The molecular weight excluding hydrogens is 780 g/mol. The van der Waals surface area contributed by atoms with E-state index in [0.717, 1.165) is 81.3 Å². The Labute approximate surface area is 355 Å². The lowest BCUT2D eigenvalue weighted by Crippen LogP contribution is -2.43. The fourth-order valence-corrected chi connectivity index (χ4v) is 8.11. The normalized spacial score (nSPS) is 15.3. The van der Waals surface area contributed by atoms with Crippen LogP contribution in [0.1, 0.15) is 57.5 Å². The number of methoxy groups -OCH3 is 2. The highest BCUT2D eigenvalue weighted by Gasteiger charge is 2.21. The number of carbonyl (C=O) groups excluding carboxylic acids is 2. The van der Waals surface area contributed by atoms with Crippen LogP contribution in [0.25, 0.3) is 21.8 Å². The number of nitrogens with one attached hydrogen (secondary N) is 3. The smallest absolute Gasteiger partial charge is 0.251 e. The first kappa shape index (κ1) is 44.9. The summed E-state index contributed by atoms with van der Waals surface area (Å²) >= 11 is 0. The number of rotatable bonds is 13. The van der Waals surface area contributed by atoms with Crippen LogP contribution in [0.3, 0.4) is 0 Å². The zero-order chi connectivity index (χ0) is 43.6. The maximum Gasteiger partial charge on any atom is 0.251 e. The Morgan fingerprint density at radius 3 is 1.61 bits per heavy atom. The number of halogens is 1. The van der Waals surface area contributed by atoms with Gasteiger partial charge in [0.1, 0.15) is 17.3 Å². The van der Waals surface area contributed by atoms with Gasteiger partial charge in [-0.05, 0) is 100 Å². The van der Waals surface area contributed by atoms with Crippen LogP contribution in [0.4, 0.5) is 4.39 Å². The van der Waals surface area contributed by atoms with Crippen LogP contribution in [0.5, 0.6) is 11.5 Å². The number of piperidine rings is 2. The number of fused-ring (bicyclic) bond motifs is 2. The molecule has 7 rings (SSSR count). The van der Waals surface area contributed by atoms with E-state index in [1.807, 2.05) is 36.4 Å². The number of aromatic nitrogens is 2. The zero-order valence-corrected chi connectivity index (χ0v) is 35.9.